The molecule has 28 heavy (non-hydrogen) atoms. The summed E-state index contributed by atoms with van der Waals surface area (Å²) < 4.78 is 6.18. The van der Waals surface area contributed by atoms with E-state index in [0.29, 0.717) is 0 Å². The average Bonchev–Trinajstić information content (AvgIpc) is 3.20. The molecule has 1 spiro atoms. The smallest absolute Gasteiger partial charge is 0.317 e. The highest BCUT2D eigenvalue weighted by atomic mass is 16.5. The largest absolute Gasteiger partial charge is 0.488 e. The van der Waals surface area contributed by atoms with Gasteiger partial charge in [-0.2, -0.15) is 0 Å². The number of urea groups is 1. The third-order valence-electron chi connectivity index (χ3n) is 7.03. The first-order valence-electron chi connectivity index (χ1n) is 10.5. The standard InChI is InChI=1S/C22H29N3O3/c1-21(2)14-22(16-5-3-4-6-18(16)28-21)13-17(22)19(26)24-10-7-15(8-11-24)25-12-9-23-20(25)27/h3-6,15,17H,7-14H2,1-2H3,(H,23,27)/t17-,22+/m1/s1. The number of fused-ring (bicyclic) bond motifs is 2. The van der Waals surface area contributed by atoms with Crippen LogP contribution in [0.25, 0.3) is 0 Å². The molecular formula is C22H29N3O3. The van der Waals surface area contributed by atoms with E-state index in [1.165, 1.54) is 5.56 Å². The Morgan fingerprint density at radius 1 is 1.18 bits per heavy atom. The molecule has 5 rings (SSSR count). The second kappa shape index (κ2) is 6.13. The Morgan fingerprint density at radius 3 is 2.64 bits per heavy atom. The third kappa shape index (κ3) is 2.76. The number of amides is 3. The number of nitrogens with zero attached hydrogens (tertiary/aromatic N) is 2. The normalized spacial score (nSPS) is 31.4. The van der Waals surface area contributed by atoms with Gasteiger partial charge in [0.1, 0.15) is 11.4 Å². The minimum Gasteiger partial charge on any atom is -0.488 e. The van der Waals surface area contributed by atoms with E-state index in [9.17, 15) is 9.59 Å². The molecule has 1 aromatic rings. The summed E-state index contributed by atoms with van der Waals surface area (Å²) >= 11 is 0. The lowest BCUT2D eigenvalue weighted by Crippen LogP contribution is -2.49. The average molecular weight is 383 g/mol. The Labute approximate surface area is 166 Å². The number of nitrogens with one attached hydrogen (secondary N) is 1. The van der Waals surface area contributed by atoms with Gasteiger partial charge in [0, 0.05) is 49.1 Å². The van der Waals surface area contributed by atoms with Crippen LogP contribution < -0.4 is 10.1 Å². The molecule has 3 aliphatic heterocycles. The molecular weight excluding hydrogens is 354 g/mol. The zero-order chi connectivity index (χ0) is 19.5. The second-order valence-corrected chi connectivity index (χ2v) is 9.43. The van der Waals surface area contributed by atoms with Gasteiger partial charge in [0.25, 0.3) is 0 Å². The fraction of sp³-hybridized carbons (Fsp3) is 0.636. The van der Waals surface area contributed by atoms with E-state index in [1.807, 2.05) is 21.9 Å². The number of benzene rings is 1. The number of hydrogen-bond acceptors (Lipinski definition) is 3. The number of likely N-dealkylation sites (tertiary alicyclic amines) is 1. The highest BCUT2D eigenvalue weighted by Crippen LogP contribution is 2.63. The van der Waals surface area contributed by atoms with Crippen LogP contribution in [0.5, 0.6) is 5.75 Å². The summed E-state index contributed by atoms with van der Waals surface area (Å²) in [5.41, 5.74) is 0.886. The number of hydrogen-bond donors (Lipinski definition) is 1. The maximum absolute atomic E-state index is 13.3. The molecule has 6 heteroatoms. The van der Waals surface area contributed by atoms with Crippen LogP contribution >= 0.6 is 0 Å². The monoisotopic (exact) mass is 383 g/mol. The molecule has 0 aromatic heterocycles. The van der Waals surface area contributed by atoms with Gasteiger partial charge in [-0.25, -0.2) is 4.79 Å². The van der Waals surface area contributed by atoms with Crippen LogP contribution in [0, 0.1) is 5.92 Å². The molecule has 1 N–H and O–H groups in total. The van der Waals surface area contributed by atoms with Gasteiger partial charge in [0.05, 0.1) is 0 Å². The first-order valence-corrected chi connectivity index (χ1v) is 10.5. The van der Waals surface area contributed by atoms with Gasteiger partial charge < -0.3 is 19.9 Å². The molecule has 3 amide bonds. The minimum atomic E-state index is -0.251. The van der Waals surface area contributed by atoms with Crippen molar-refractivity contribution in [3.63, 3.8) is 0 Å². The van der Waals surface area contributed by atoms with Gasteiger partial charge in [-0.1, -0.05) is 18.2 Å². The molecule has 3 fully saturated rings. The van der Waals surface area contributed by atoms with Gasteiger partial charge in [-0.3, -0.25) is 4.79 Å². The van der Waals surface area contributed by atoms with Crippen LogP contribution in [0.15, 0.2) is 24.3 Å². The van der Waals surface area contributed by atoms with Crippen molar-refractivity contribution in [2.24, 2.45) is 5.92 Å². The fourth-order valence-corrected chi connectivity index (χ4v) is 5.73. The maximum atomic E-state index is 13.3. The second-order valence-electron chi connectivity index (χ2n) is 9.43. The summed E-state index contributed by atoms with van der Waals surface area (Å²) in [6.07, 6.45) is 3.57. The van der Waals surface area contributed by atoms with E-state index >= 15 is 0 Å². The van der Waals surface area contributed by atoms with Crippen LogP contribution in [-0.4, -0.2) is 59.6 Å². The quantitative estimate of drug-likeness (QED) is 0.854. The van der Waals surface area contributed by atoms with Crippen molar-refractivity contribution >= 4 is 11.9 Å². The number of rotatable bonds is 2. The third-order valence-corrected chi connectivity index (χ3v) is 7.03. The minimum absolute atomic E-state index is 0.0481. The van der Waals surface area contributed by atoms with Crippen molar-refractivity contribution in [3.8, 4) is 5.75 Å². The first-order chi connectivity index (χ1) is 13.4. The summed E-state index contributed by atoms with van der Waals surface area (Å²) in [7, 11) is 0. The number of carbonyl (C=O) groups is 2. The summed E-state index contributed by atoms with van der Waals surface area (Å²) in [6.45, 7) is 7.27. The van der Waals surface area contributed by atoms with Gasteiger partial charge in [0.2, 0.25) is 5.91 Å². The molecule has 150 valence electrons. The Bertz CT molecular complexity index is 815. The first kappa shape index (κ1) is 17.8. The van der Waals surface area contributed by atoms with E-state index in [2.05, 4.69) is 31.3 Å². The predicted molar refractivity (Wildman–Crippen MR) is 105 cm³/mol. The summed E-state index contributed by atoms with van der Waals surface area (Å²) in [4.78, 5) is 29.2. The topological polar surface area (TPSA) is 61.9 Å². The molecule has 3 heterocycles. The van der Waals surface area contributed by atoms with Crippen molar-refractivity contribution in [2.75, 3.05) is 26.2 Å². The molecule has 6 nitrogen and oxygen atoms in total. The van der Waals surface area contributed by atoms with Crippen LogP contribution in [0.4, 0.5) is 4.79 Å². The highest BCUT2D eigenvalue weighted by Gasteiger charge is 2.64. The van der Waals surface area contributed by atoms with Crippen molar-refractivity contribution in [3.05, 3.63) is 29.8 Å². The van der Waals surface area contributed by atoms with E-state index < -0.39 is 0 Å². The maximum Gasteiger partial charge on any atom is 0.317 e. The van der Waals surface area contributed by atoms with Crippen LogP contribution in [0.3, 0.4) is 0 Å². The molecule has 2 saturated heterocycles. The van der Waals surface area contributed by atoms with E-state index in [0.717, 1.165) is 57.6 Å². The summed E-state index contributed by atoms with van der Waals surface area (Å²) in [6, 6.07) is 8.54. The van der Waals surface area contributed by atoms with Gasteiger partial charge in [-0.15, -0.1) is 0 Å². The Kier molecular flexibility index (Phi) is 3.90. The lowest BCUT2D eigenvalue weighted by molar-refractivity contribution is -0.134. The molecule has 1 aliphatic carbocycles. The van der Waals surface area contributed by atoms with Crippen LogP contribution in [0.2, 0.25) is 0 Å². The summed E-state index contributed by atoms with van der Waals surface area (Å²) in [5.74, 6) is 1.29. The van der Waals surface area contributed by atoms with Crippen molar-refractivity contribution in [1.82, 2.24) is 15.1 Å². The lowest BCUT2D eigenvalue weighted by Gasteiger charge is -2.40. The van der Waals surface area contributed by atoms with Gasteiger partial charge >= 0.3 is 6.03 Å². The van der Waals surface area contributed by atoms with E-state index in [-0.39, 0.29) is 34.9 Å². The fourth-order valence-electron chi connectivity index (χ4n) is 5.73. The van der Waals surface area contributed by atoms with Crippen molar-refractivity contribution in [1.29, 1.82) is 0 Å². The van der Waals surface area contributed by atoms with Crippen molar-refractivity contribution < 1.29 is 14.3 Å². The van der Waals surface area contributed by atoms with Gasteiger partial charge in [-0.05, 0) is 45.6 Å². The summed E-state index contributed by atoms with van der Waals surface area (Å²) in [5, 5.41) is 2.88. The Balaban J connectivity index is 1.29. The van der Waals surface area contributed by atoms with Gasteiger partial charge in [0.15, 0.2) is 0 Å². The number of piperidine rings is 1. The van der Waals surface area contributed by atoms with Crippen LogP contribution in [0.1, 0.15) is 45.1 Å². The number of carbonyl (C=O) groups excluding carboxylic acids is 2. The Morgan fingerprint density at radius 2 is 1.93 bits per heavy atom. The molecule has 2 atom stereocenters. The molecule has 0 radical (unpaired) electrons. The molecule has 4 aliphatic rings. The van der Waals surface area contributed by atoms with Crippen molar-refractivity contribution in [2.45, 2.75) is 56.6 Å². The van der Waals surface area contributed by atoms with Crippen LogP contribution in [-0.2, 0) is 10.2 Å². The van der Waals surface area contributed by atoms with E-state index in [4.69, 9.17) is 4.74 Å². The zero-order valence-electron chi connectivity index (χ0n) is 16.7. The highest BCUT2D eigenvalue weighted by molar-refractivity contribution is 5.85. The molecule has 1 aromatic carbocycles. The van der Waals surface area contributed by atoms with E-state index in [1.54, 1.807) is 0 Å². The zero-order valence-corrected chi connectivity index (χ0v) is 16.7. The number of para-hydroxylation sites is 1. The lowest BCUT2D eigenvalue weighted by atomic mass is 9.79. The molecule has 0 unspecified atom stereocenters. The number of ether oxygens (including phenoxy) is 1. The molecule has 1 saturated carbocycles. The Hall–Kier alpha value is -2.24. The predicted octanol–water partition coefficient (Wildman–Crippen LogP) is 2.52. The molecule has 0 bridgehead atoms. The SMILES string of the molecule is CC1(C)C[C@@]2(C[C@@H]2C(=O)N2CCC(N3CCNC3=O)CC2)c2ccccc2O1.